The molecule has 0 fully saturated rings. The van der Waals surface area contributed by atoms with Crippen LogP contribution < -0.4 is 4.74 Å². The molecule has 4 rings (SSSR count). The predicted octanol–water partition coefficient (Wildman–Crippen LogP) is 3.88. The maximum Gasteiger partial charge on any atom is 0.325 e. The van der Waals surface area contributed by atoms with Gasteiger partial charge in [0.15, 0.2) is 17.4 Å². The molecule has 0 spiro atoms. The summed E-state index contributed by atoms with van der Waals surface area (Å²) in [6.45, 7) is -0.357. The van der Waals surface area contributed by atoms with E-state index in [0.29, 0.717) is 42.7 Å². The second kappa shape index (κ2) is 9.11. The van der Waals surface area contributed by atoms with Crippen LogP contribution >= 0.6 is 0 Å². The molecule has 2 aromatic carbocycles. The van der Waals surface area contributed by atoms with Crippen LogP contribution in [0.25, 0.3) is 0 Å². The number of halogens is 3. The van der Waals surface area contributed by atoms with Crippen LogP contribution in [0.3, 0.4) is 0 Å². The van der Waals surface area contributed by atoms with Crippen LogP contribution in [-0.4, -0.2) is 40.6 Å². The van der Waals surface area contributed by atoms with Crippen LogP contribution in [-0.2, 0) is 27.8 Å². The van der Waals surface area contributed by atoms with Crippen LogP contribution in [0.5, 0.6) is 11.5 Å². The Labute approximate surface area is 193 Å². The summed E-state index contributed by atoms with van der Waals surface area (Å²) in [5.41, 5.74) is 1.16. The molecular formula is C22H20F3N3O5S. The number of hydrogen-bond acceptors (Lipinski definition) is 5. The maximum atomic E-state index is 14.7. The minimum absolute atomic E-state index is 0.0277. The Bertz CT molecular complexity index is 1320. The van der Waals surface area contributed by atoms with E-state index < -0.39 is 50.1 Å². The topological polar surface area (TPSA) is 102 Å². The highest BCUT2D eigenvalue weighted by Crippen LogP contribution is 2.38. The van der Waals surface area contributed by atoms with Gasteiger partial charge in [-0.25, -0.2) is 21.6 Å². The summed E-state index contributed by atoms with van der Waals surface area (Å²) in [5, 5.41) is 13.1. The van der Waals surface area contributed by atoms with Crippen molar-refractivity contribution < 1.29 is 36.2 Å². The summed E-state index contributed by atoms with van der Waals surface area (Å²) in [6.07, 6.45) is 2.97. The van der Waals surface area contributed by atoms with Gasteiger partial charge in [0.1, 0.15) is 18.1 Å². The molecule has 0 bridgehead atoms. The fraction of sp³-hybridized carbons (Fsp3) is 0.273. The molecule has 0 saturated heterocycles. The standard InChI is InChI=1S/C22H20F3N3O5S/c1-27(19-3-2-4-20-16(19)11-26-28(20)12-21(29)30)34(31,32)15-9-17(24)22(18(25)10-15)33-14-7-5-13(23)6-8-14/h5-11,19H,2-4,12H2,1H3,(H,29,30)/t19-/m1/s1. The fourth-order valence-corrected chi connectivity index (χ4v) is 5.37. The van der Waals surface area contributed by atoms with Gasteiger partial charge < -0.3 is 9.84 Å². The van der Waals surface area contributed by atoms with Crippen LogP contribution in [0.1, 0.15) is 30.1 Å². The third-order valence-corrected chi connectivity index (χ3v) is 7.48. The average Bonchev–Trinajstić information content (AvgIpc) is 3.19. The second-order valence-electron chi connectivity index (χ2n) is 7.80. The van der Waals surface area contributed by atoms with Crippen LogP contribution in [0.15, 0.2) is 47.5 Å². The molecular weight excluding hydrogens is 475 g/mol. The van der Waals surface area contributed by atoms with E-state index in [2.05, 4.69) is 5.10 Å². The minimum Gasteiger partial charge on any atom is -0.480 e. The lowest BCUT2D eigenvalue weighted by atomic mass is 9.93. The molecule has 1 aromatic heterocycles. The summed E-state index contributed by atoms with van der Waals surface area (Å²) in [7, 11) is -3.05. The second-order valence-corrected chi connectivity index (χ2v) is 9.80. The van der Waals surface area contributed by atoms with Gasteiger partial charge in [-0.15, -0.1) is 0 Å². The molecule has 180 valence electrons. The Morgan fingerprint density at radius 1 is 1.21 bits per heavy atom. The van der Waals surface area contributed by atoms with E-state index in [0.717, 1.165) is 16.4 Å². The van der Waals surface area contributed by atoms with E-state index in [1.165, 1.54) is 30.1 Å². The molecule has 34 heavy (non-hydrogen) atoms. The number of benzene rings is 2. The van der Waals surface area contributed by atoms with Crippen molar-refractivity contribution in [1.29, 1.82) is 0 Å². The average molecular weight is 495 g/mol. The highest BCUT2D eigenvalue weighted by Gasteiger charge is 2.35. The SMILES string of the molecule is CN([C@@H]1CCCc2c1cnn2CC(=O)O)S(=O)(=O)c1cc(F)c(Oc2ccc(F)cc2)c(F)c1. The maximum absolute atomic E-state index is 14.7. The van der Waals surface area contributed by atoms with Crippen molar-refractivity contribution in [2.24, 2.45) is 0 Å². The molecule has 1 aliphatic carbocycles. The van der Waals surface area contributed by atoms with Gasteiger partial charge in [0.05, 0.1) is 17.1 Å². The Hall–Kier alpha value is -3.38. The van der Waals surface area contributed by atoms with Crippen molar-refractivity contribution in [3.8, 4) is 11.5 Å². The Balaban J connectivity index is 1.63. The van der Waals surface area contributed by atoms with Crippen molar-refractivity contribution in [3.05, 3.63) is 71.3 Å². The van der Waals surface area contributed by atoms with Crippen molar-refractivity contribution in [2.45, 2.75) is 36.7 Å². The molecule has 0 amide bonds. The van der Waals surface area contributed by atoms with Crippen molar-refractivity contribution in [3.63, 3.8) is 0 Å². The summed E-state index contributed by atoms with van der Waals surface area (Å²) in [5.74, 6) is -4.96. The molecule has 1 atom stereocenters. The van der Waals surface area contributed by atoms with Gasteiger partial charge in [0.25, 0.3) is 0 Å². The smallest absolute Gasteiger partial charge is 0.325 e. The lowest BCUT2D eigenvalue weighted by molar-refractivity contribution is -0.137. The van der Waals surface area contributed by atoms with E-state index in [1.54, 1.807) is 0 Å². The summed E-state index contributed by atoms with van der Waals surface area (Å²) in [4.78, 5) is 10.5. The molecule has 12 heteroatoms. The van der Waals surface area contributed by atoms with Gasteiger partial charge in [-0.05, 0) is 55.7 Å². The molecule has 1 aliphatic rings. The van der Waals surface area contributed by atoms with E-state index in [1.807, 2.05) is 0 Å². The van der Waals surface area contributed by atoms with Gasteiger partial charge in [-0.2, -0.15) is 9.40 Å². The number of carboxylic acid groups (broad SMARTS) is 1. The zero-order valence-electron chi connectivity index (χ0n) is 17.9. The number of aliphatic carboxylic acids is 1. The first-order valence-corrected chi connectivity index (χ1v) is 11.7. The number of nitrogens with zero attached hydrogens (tertiary/aromatic N) is 3. The van der Waals surface area contributed by atoms with Gasteiger partial charge in [0.2, 0.25) is 10.0 Å². The van der Waals surface area contributed by atoms with Crippen LogP contribution in [0.4, 0.5) is 13.2 Å². The predicted molar refractivity (Wildman–Crippen MR) is 113 cm³/mol. The minimum atomic E-state index is -4.34. The first-order valence-electron chi connectivity index (χ1n) is 10.2. The van der Waals surface area contributed by atoms with Crippen molar-refractivity contribution in [1.82, 2.24) is 14.1 Å². The van der Waals surface area contributed by atoms with E-state index in [-0.39, 0.29) is 12.3 Å². The van der Waals surface area contributed by atoms with Crippen LogP contribution in [0.2, 0.25) is 0 Å². The Morgan fingerprint density at radius 3 is 2.47 bits per heavy atom. The van der Waals surface area contributed by atoms with E-state index in [4.69, 9.17) is 9.84 Å². The van der Waals surface area contributed by atoms with E-state index >= 15 is 0 Å². The molecule has 3 aromatic rings. The highest BCUT2D eigenvalue weighted by molar-refractivity contribution is 7.89. The van der Waals surface area contributed by atoms with Gasteiger partial charge in [0, 0.05) is 18.3 Å². The molecule has 0 radical (unpaired) electrons. The number of fused-ring (bicyclic) bond motifs is 1. The van der Waals surface area contributed by atoms with Crippen molar-refractivity contribution >= 4 is 16.0 Å². The lowest BCUT2D eigenvalue weighted by Gasteiger charge is -2.31. The van der Waals surface area contributed by atoms with Crippen molar-refractivity contribution in [2.75, 3.05) is 7.05 Å². The summed E-state index contributed by atoms with van der Waals surface area (Å²) >= 11 is 0. The quantitative estimate of drug-likeness (QED) is 0.534. The first kappa shape index (κ1) is 23.8. The zero-order valence-corrected chi connectivity index (χ0v) is 18.7. The Morgan fingerprint density at radius 2 is 1.85 bits per heavy atom. The van der Waals surface area contributed by atoms with E-state index in [9.17, 15) is 26.4 Å². The number of rotatable bonds is 7. The molecule has 8 nitrogen and oxygen atoms in total. The number of carbonyl (C=O) groups is 1. The third kappa shape index (κ3) is 4.50. The molecule has 0 aliphatic heterocycles. The number of carboxylic acids is 1. The molecule has 0 unspecified atom stereocenters. The number of aromatic nitrogens is 2. The first-order chi connectivity index (χ1) is 16.1. The normalized spacial score (nSPS) is 15.9. The lowest BCUT2D eigenvalue weighted by Crippen LogP contribution is -2.33. The molecule has 1 N–H and O–H groups in total. The molecule has 0 saturated carbocycles. The van der Waals surface area contributed by atoms with Gasteiger partial charge in [-0.1, -0.05) is 0 Å². The fourth-order valence-electron chi connectivity index (χ4n) is 3.97. The number of sulfonamides is 1. The highest BCUT2D eigenvalue weighted by atomic mass is 32.2. The number of hydrogen-bond donors (Lipinski definition) is 1. The van der Waals surface area contributed by atoms with Gasteiger partial charge >= 0.3 is 5.97 Å². The van der Waals surface area contributed by atoms with Gasteiger partial charge in [-0.3, -0.25) is 9.48 Å². The number of ether oxygens (including phenoxy) is 1. The monoisotopic (exact) mass is 495 g/mol. The zero-order chi connectivity index (χ0) is 24.6. The van der Waals surface area contributed by atoms with Crippen LogP contribution in [0, 0.1) is 17.5 Å². The summed E-state index contributed by atoms with van der Waals surface area (Å²) < 4.78 is 76.3. The largest absolute Gasteiger partial charge is 0.480 e. The summed E-state index contributed by atoms with van der Waals surface area (Å²) in [6, 6.07) is 5.09. The Kier molecular flexibility index (Phi) is 6.36. The molecule has 1 heterocycles. The third-order valence-electron chi connectivity index (χ3n) is 5.64.